The second-order valence-corrected chi connectivity index (χ2v) is 3.61. The smallest absolute Gasteiger partial charge is 0.132 e. The lowest BCUT2D eigenvalue weighted by Gasteiger charge is -2.06. The summed E-state index contributed by atoms with van der Waals surface area (Å²) in [5.74, 6) is 0.929. The van der Waals surface area contributed by atoms with Crippen LogP contribution in [0, 0.1) is 13.8 Å². The molecule has 1 aromatic carbocycles. The second kappa shape index (κ2) is 3.01. The Hall–Kier alpha value is -1.51. The van der Waals surface area contributed by atoms with Gasteiger partial charge in [0.1, 0.15) is 5.75 Å². The third-order valence-electron chi connectivity index (χ3n) is 2.44. The average molecular weight is 190 g/mol. The van der Waals surface area contributed by atoms with Gasteiger partial charge in [-0.3, -0.25) is 4.68 Å². The summed E-state index contributed by atoms with van der Waals surface area (Å²) in [6.45, 7) is 4.13. The van der Waals surface area contributed by atoms with E-state index in [-0.39, 0.29) is 0 Å². The molecule has 1 aromatic heterocycles. The van der Waals surface area contributed by atoms with Crippen molar-refractivity contribution in [1.82, 2.24) is 9.78 Å². The minimum absolute atomic E-state index is 0.929. The number of ether oxygens (including phenoxy) is 1. The number of hydrogen-bond acceptors (Lipinski definition) is 2. The molecule has 14 heavy (non-hydrogen) atoms. The van der Waals surface area contributed by atoms with Crippen LogP contribution in [-0.2, 0) is 7.05 Å². The number of nitrogens with zero attached hydrogens (tertiary/aromatic N) is 2. The molecule has 74 valence electrons. The van der Waals surface area contributed by atoms with E-state index in [0.717, 1.165) is 22.2 Å². The topological polar surface area (TPSA) is 27.1 Å². The summed E-state index contributed by atoms with van der Waals surface area (Å²) in [7, 11) is 3.62. The van der Waals surface area contributed by atoms with E-state index < -0.39 is 0 Å². The maximum atomic E-state index is 5.37. The van der Waals surface area contributed by atoms with E-state index in [4.69, 9.17) is 4.74 Å². The van der Waals surface area contributed by atoms with Crippen LogP contribution >= 0.6 is 0 Å². The van der Waals surface area contributed by atoms with Crippen LogP contribution in [0.3, 0.4) is 0 Å². The molecule has 0 saturated heterocycles. The summed E-state index contributed by atoms with van der Waals surface area (Å²) >= 11 is 0. The molecule has 0 atom stereocenters. The van der Waals surface area contributed by atoms with Gasteiger partial charge in [-0.1, -0.05) is 6.07 Å². The van der Waals surface area contributed by atoms with E-state index in [9.17, 15) is 0 Å². The number of aromatic nitrogens is 2. The third-order valence-corrected chi connectivity index (χ3v) is 2.44. The summed E-state index contributed by atoms with van der Waals surface area (Å²) in [6, 6.07) is 2.11. The van der Waals surface area contributed by atoms with Crippen LogP contribution in [0.1, 0.15) is 11.1 Å². The van der Waals surface area contributed by atoms with Gasteiger partial charge in [0.05, 0.1) is 18.0 Å². The van der Waals surface area contributed by atoms with Gasteiger partial charge in [-0.25, -0.2) is 0 Å². The largest absolute Gasteiger partial charge is 0.496 e. The van der Waals surface area contributed by atoms with E-state index in [1.165, 1.54) is 5.56 Å². The van der Waals surface area contributed by atoms with Crippen molar-refractivity contribution < 1.29 is 4.74 Å². The molecule has 3 nitrogen and oxygen atoms in total. The molecule has 2 rings (SSSR count). The predicted molar refractivity (Wildman–Crippen MR) is 56.7 cm³/mol. The zero-order valence-corrected chi connectivity index (χ0v) is 8.96. The second-order valence-electron chi connectivity index (χ2n) is 3.61. The molecule has 0 amide bonds. The Kier molecular flexibility index (Phi) is 1.95. The Balaban J connectivity index is 2.89. The molecular formula is C11H14N2O. The van der Waals surface area contributed by atoms with E-state index in [1.807, 2.05) is 17.9 Å². The molecule has 0 aliphatic heterocycles. The summed E-state index contributed by atoms with van der Waals surface area (Å²) in [5.41, 5.74) is 3.37. The van der Waals surface area contributed by atoms with Crippen LogP contribution in [0.25, 0.3) is 10.9 Å². The molecule has 1 heterocycles. The fourth-order valence-electron chi connectivity index (χ4n) is 1.89. The van der Waals surface area contributed by atoms with Gasteiger partial charge < -0.3 is 4.74 Å². The fourth-order valence-corrected chi connectivity index (χ4v) is 1.89. The first-order valence-corrected chi connectivity index (χ1v) is 4.61. The molecular weight excluding hydrogens is 176 g/mol. The summed E-state index contributed by atoms with van der Waals surface area (Å²) in [4.78, 5) is 0. The molecule has 0 aliphatic carbocycles. The highest BCUT2D eigenvalue weighted by Gasteiger charge is 2.10. The molecule has 0 saturated carbocycles. The Morgan fingerprint density at radius 1 is 1.29 bits per heavy atom. The zero-order valence-electron chi connectivity index (χ0n) is 8.96. The first-order valence-electron chi connectivity index (χ1n) is 4.61. The number of fused-ring (bicyclic) bond motifs is 1. The number of benzene rings is 1. The third kappa shape index (κ3) is 1.16. The lowest BCUT2D eigenvalue weighted by molar-refractivity contribution is 0.416. The van der Waals surface area contributed by atoms with Crippen molar-refractivity contribution in [2.75, 3.05) is 7.11 Å². The average Bonchev–Trinajstić information content (AvgIpc) is 2.48. The maximum absolute atomic E-state index is 5.37. The molecule has 0 N–H and O–H groups in total. The molecule has 0 bridgehead atoms. The van der Waals surface area contributed by atoms with Gasteiger partial charge in [0.25, 0.3) is 0 Å². The van der Waals surface area contributed by atoms with Crippen LogP contribution in [0.4, 0.5) is 0 Å². The highest BCUT2D eigenvalue weighted by atomic mass is 16.5. The highest BCUT2D eigenvalue weighted by molar-refractivity contribution is 5.88. The first kappa shape index (κ1) is 9.06. The van der Waals surface area contributed by atoms with Crippen LogP contribution in [-0.4, -0.2) is 16.9 Å². The summed E-state index contributed by atoms with van der Waals surface area (Å²) < 4.78 is 7.19. The van der Waals surface area contributed by atoms with Crippen molar-refractivity contribution in [1.29, 1.82) is 0 Å². The van der Waals surface area contributed by atoms with E-state index in [0.29, 0.717) is 0 Å². The Morgan fingerprint density at radius 3 is 2.64 bits per heavy atom. The van der Waals surface area contributed by atoms with Crippen molar-refractivity contribution in [2.24, 2.45) is 7.05 Å². The molecule has 0 unspecified atom stereocenters. The van der Waals surface area contributed by atoms with Crippen molar-refractivity contribution in [3.8, 4) is 5.75 Å². The Bertz CT molecular complexity index is 485. The predicted octanol–water partition coefficient (Wildman–Crippen LogP) is 2.20. The summed E-state index contributed by atoms with van der Waals surface area (Å²) in [6.07, 6.45) is 1.99. The van der Waals surface area contributed by atoms with E-state index >= 15 is 0 Å². The van der Waals surface area contributed by atoms with Gasteiger partial charge in [0, 0.05) is 13.2 Å². The van der Waals surface area contributed by atoms with Gasteiger partial charge >= 0.3 is 0 Å². The van der Waals surface area contributed by atoms with Crippen LogP contribution in [0.2, 0.25) is 0 Å². The maximum Gasteiger partial charge on any atom is 0.132 e. The molecule has 0 radical (unpaired) electrons. The molecule has 0 aliphatic rings. The van der Waals surface area contributed by atoms with Crippen molar-refractivity contribution >= 4 is 10.9 Å². The van der Waals surface area contributed by atoms with Crippen molar-refractivity contribution in [3.63, 3.8) is 0 Å². The van der Waals surface area contributed by atoms with Crippen LogP contribution < -0.4 is 4.74 Å². The lowest BCUT2D eigenvalue weighted by Crippen LogP contribution is -1.89. The highest BCUT2D eigenvalue weighted by Crippen LogP contribution is 2.30. The number of methoxy groups -OCH3 is 1. The Morgan fingerprint density at radius 2 is 2.00 bits per heavy atom. The van der Waals surface area contributed by atoms with Gasteiger partial charge in [0.2, 0.25) is 0 Å². The number of aryl methyl sites for hydroxylation is 3. The van der Waals surface area contributed by atoms with Gasteiger partial charge in [-0.15, -0.1) is 0 Å². The molecule has 0 fully saturated rings. The van der Waals surface area contributed by atoms with E-state index in [1.54, 1.807) is 7.11 Å². The van der Waals surface area contributed by atoms with Gasteiger partial charge in [-0.2, -0.15) is 5.10 Å². The van der Waals surface area contributed by atoms with Crippen molar-refractivity contribution in [2.45, 2.75) is 13.8 Å². The van der Waals surface area contributed by atoms with Crippen molar-refractivity contribution in [3.05, 3.63) is 23.4 Å². The Labute approximate surface area is 83.3 Å². The van der Waals surface area contributed by atoms with Gasteiger partial charge in [0.15, 0.2) is 0 Å². The SMILES string of the molecule is COc1c(C)cc(C)c2nn(C)cc12. The van der Waals surface area contributed by atoms with Gasteiger partial charge in [-0.05, 0) is 25.0 Å². The normalized spacial score (nSPS) is 10.9. The number of rotatable bonds is 1. The summed E-state index contributed by atoms with van der Waals surface area (Å²) in [5, 5.41) is 5.49. The minimum Gasteiger partial charge on any atom is -0.496 e. The zero-order chi connectivity index (χ0) is 10.3. The fraction of sp³-hybridized carbons (Fsp3) is 0.364. The minimum atomic E-state index is 0.929. The van der Waals surface area contributed by atoms with Crippen LogP contribution in [0.5, 0.6) is 5.75 Å². The molecule has 2 aromatic rings. The molecule has 3 heteroatoms. The molecule has 0 spiro atoms. The quantitative estimate of drug-likeness (QED) is 0.689. The monoisotopic (exact) mass is 190 g/mol. The van der Waals surface area contributed by atoms with Crippen LogP contribution in [0.15, 0.2) is 12.3 Å². The lowest BCUT2D eigenvalue weighted by atomic mass is 10.1. The number of hydrogen-bond donors (Lipinski definition) is 0. The standard InChI is InChI=1S/C11H14N2O/c1-7-5-8(2)11(14-4)9-6-13(3)12-10(7)9/h5-6H,1-4H3. The van der Waals surface area contributed by atoms with E-state index in [2.05, 4.69) is 25.0 Å². The first-order chi connectivity index (χ1) is 6.63.